The fourth-order valence-electron chi connectivity index (χ4n) is 1.30. The summed E-state index contributed by atoms with van der Waals surface area (Å²) in [5, 5.41) is 1.01. The van der Waals surface area contributed by atoms with Gasteiger partial charge in [0, 0.05) is 10.4 Å². The van der Waals surface area contributed by atoms with Crippen molar-refractivity contribution in [2.24, 2.45) is 5.73 Å². The molecule has 74 valence electrons. The van der Waals surface area contributed by atoms with E-state index in [1.807, 2.05) is 13.0 Å². The summed E-state index contributed by atoms with van der Waals surface area (Å²) in [5.74, 6) is 0. The van der Waals surface area contributed by atoms with Crippen LogP contribution in [-0.2, 0) is 6.42 Å². The van der Waals surface area contributed by atoms with E-state index in [0.717, 1.165) is 22.7 Å². The van der Waals surface area contributed by atoms with E-state index < -0.39 is 0 Å². The Balaban J connectivity index is 2.33. The molecule has 2 heterocycles. The van der Waals surface area contributed by atoms with Crippen molar-refractivity contribution in [2.45, 2.75) is 13.3 Å². The largest absolute Gasteiger partial charge is 0.472 e. The van der Waals surface area contributed by atoms with Gasteiger partial charge in [0.15, 0.2) is 0 Å². The van der Waals surface area contributed by atoms with Gasteiger partial charge in [-0.05, 0) is 26.0 Å². The summed E-state index contributed by atoms with van der Waals surface area (Å²) in [6.07, 6.45) is 4.28. The smallest absolute Gasteiger partial charge is 0.127 e. The van der Waals surface area contributed by atoms with Crippen LogP contribution in [0.25, 0.3) is 10.6 Å². The SMILES string of the molecule is Cc1nc(-c2ccoc2)sc1CCN. The van der Waals surface area contributed by atoms with Crippen LogP contribution in [0, 0.1) is 6.92 Å². The third-order valence-corrected chi connectivity index (χ3v) is 3.30. The fourth-order valence-corrected chi connectivity index (χ4v) is 2.36. The van der Waals surface area contributed by atoms with Gasteiger partial charge in [0.25, 0.3) is 0 Å². The third-order valence-electron chi connectivity index (χ3n) is 2.03. The molecule has 0 bridgehead atoms. The number of furan rings is 1. The van der Waals surface area contributed by atoms with Crippen molar-refractivity contribution in [3.8, 4) is 10.6 Å². The molecule has 0 amide bonds. The van der Waals surface area contributed by atoms with Crippen molar-refractivity contribution in [1.82, 2.24) is 4.98 Å². The summed E-state index contributed by atoms with van der Waals surface area (Å²) in [4.78, 5) is 5.74. The van der Waals surface area contributed by atoms with Crippen LogP contribution in [-0.4, -0.2) is 11.5 Å². The summed E-state index contributed by atoms with van der Waals surface area (Å²) < 4.78 is 5.02. The molecule has 2 aromatic rings. The van der Waals surface area contributed by atoms with E-state index >= 15 is 0 Å². The first-order chi connectivity index (χ1) is 6.81. The lowest BCUT2D eigenvalue weighted by Crippen LogP contribution is -2.01. The molecular formula is C10H12N2OS. The molecule has 2 aromatic heterocycles. The normalized spacial score (nSPS) is 10.7. The van der Waals surface area contributed by atoms with Crippen molar-refractivity contribution >= 4 is 11.3 Å². The van der Waals surface area contributed by atoms with Crippen LogP contribution in [0.15, 0.2) is 23.0 Å². The Morgan fingerprint density at radius 3 is 3.07 bits per heavy atom. The van der Waals surface area contributed by atoms with E-state index in [2.05, 4.69) is 4.98 Å². The fraction of sp³-hybridized carbons (Fsp3) is 0.300. The zero-order valence-corrected chi connectivity index (χ0v) is 8.80. The maximum atomic E-state index is 5.52. The molecule has 0 unspecified atom stereocenters. The van der Waals surface area contributed by atoms with Gasteiger partial charge < -0.3 is 10.2 Å². The lowest BCUT2D eigenvalue weighted by molar-refractivity contribution is 0.568. The van der Waals surface area contributed by atoms with Gasteiger partial charge in [0.05, 0.1) is 12.0 Å². The van der Waals surface area contributed by atoms with Gasteiger partial charge in [-0.1, -0.05) is 0 Å². The van der Waals surface area contributed by atoms with Crippen molar-refractivity contribution in [3.63, 3.8) is 0 Å². The van der Waals surface area contributed by atoms with Crippen LogP contribution in [0.5, 0.6) is 0 Å². The van der Waals surface area contributed by atoms with Crippen molar-refractivity contribution in [2.75, 3.05) is 6.54 Å². The van der Waals surface area contributed by atoms with Crippen molar-refractivity contribution < 1.29 is 4.42 Å². The zero-order valence-electron chi connectivity index (χ0n) is 7.99. The maximum Gasteiger partial charge on any atom is 0.127 e. The van der Waals surface area contributed by atoms with Crippen LogP contribution < -0.4 is 5.73 Å². The van der Waals surface area contributed by atoms with Crippen molar-refractivity contribution in [3.05, 3.63) is 29.2 Å². The number of hydrogen-bond donors (Lipinski definition) is 1. The van der Waals surface area contributed by atoms with Crippen molar-refractivity contribution in [1.29, 1.82) is 0 Å². The van der Waals surface area contributed by atoms with Crippen LogP contribution in [0.4, 0.5) is 0 Å². The number of nitrogens with two attached hydrogens (primary N) is 1. The highest BCUT2D eigenvalue weighted by Crippen LogP contribution is 2.28. The lowest BCUT2D eigenvalue weighted by atomic mass is 10.3. The molecule has 0 radical (unpaired) electrons. The average molecular weight is 208 g/mol. The summed E-state index contributed by atoms with van der Waals surface area (Å²) in [7, 11) is 0. The molecule has 2 rings (SSSR count). The Hall–Kier alpha value is -1.13. The van der Waals surface area contributed by atoms with Crippen LogP contribution in [0.2, 0.25) is 0 Å². The second-order valence-corrected chi connectivity index (χ2v) is 4.16. The van der Waals surface area contributed by atoms with Gasteiger partial charge in [0.2, 0.25) is 0 Å². The topological polar surface area (TPSA) is 52.0 Å². The molecule has 0 aliphatic carbocycles. The summed E-state index contributed by atoms with van der Waals surface area (Å²) in [6, 6.07) is 1.92. The molecule has 0 saturated heterocycles. The summed E-state index contributed by atoms with van der Waals surface area (Å²) >= 11 is 1.69. The summed E-state index contributed by atoms with van der Waals surface area (Å²) in [6.45, 7) is 2.69. The standard InChI is InChI=1S/C10H12N2OS/c1-7-9(2-4-11)14-10(12-7)8-3-5-13-6-8/h3,5-6H,2,4,11H2,1H3. The van der Waals surface area contributed by atoms with E-state index in [9.17, 15) is 0 Å². The Bertz CT molecular complexity index is 406. The van der Waals surface area contributed by atoms with E-state index in [1.165, 1.54) is 4.88 Å². The Labute approximate surface area is 86.6 Å². The average Bonchev–Trinajstić information content (AvgIpc) is 2.76. The van der Waals surface area contributed by atoms with Gasteiger partial charge in [-0.25, -0.2) is 4.98 Å². The number of thiazole rings is 1. The molecule has 0 aromatic carbocycles. The highest BCUT2D eigenvalue weighted by atomic mass is 32.1. The minimum atomic E-state index is 0.674. The maximum absolute atomic E-state index is 5.52. The third kappa shape index (κ3) is 1.71. The molecule has 2 N–H and O–H groups in total. The van der Waals surface area contributed by atoms with E-state index in [-0.39, 0.29) is 0 Å². The number of nitrogens with zero attached hydrogens (tertiary/aromatic N) is 1. The first-order valence-corrected chi connectivity index (χ1v) is 5.32. The molecule has 0 spiro atoms. The Morgan fingerprint density at radius 2 is 2.43 bits per heavy atom. The van der Waals surface area contributed by atoms with Gasteiger partial charge in [-0.3, -0.25) is 0 Å². The Morgan fingerprint density at radius 1 is 1.57 bits per heavy atom. The van der Waals surface area contributed by atoms with Crippen LogP contribution >= 0.6 is 11.3 Å². The monoisotopic (exact) mass is 208 g/mol. The zero-order chi connectivity index (χ0) is 9.97. The number of aromatic nitrogens is 1. The lowest BCUT2D eigenvalue weighted by Gasteiger charge is -1.90. The molecule has 0 aliphatic rings. The minimum Gasteiger partial charge on any atom is -0.472 e. The van der Waals surface area contributed by atoms with Gasteiger partial charge in [-0.2, -0.15) is 0 Å². The van der Waals surface area contributed by atoms with Gasteiger partial charge in [-0.15, -0.1) is 11.3 Å². The van der Waals surface area contributed by atoms with E-state index in [1.54, 1.807) is 23.9 Å². The number of hydrogen-bond acceptors (Lipinski definition) is 4. The quantitative estimate of drug-likeness (QED) is 0.841. The molecule has 0 saturated carbocycles. The molecule has 0 fully saturated rings. The minimum absolute atomic E-state index is 0.674. The van der Waals surface area contributed by atoms with Crippen LogP contribution in [0.1, 0.15) is 10.6 Å². The van der Waals surface area contributed by atoms with E-state index in [4.69, 9.17) is 10.2 Å². The predicted molar refractivity (Wildman–Crippen MR) is 57.3 cm³/mol. The van der Waals surface area contributed by atoms with E-state index in [0.29, 0.717) is 6.54 Å². The Kier molecular flexibility index (Phi) is 2.65. The molecular weight excluding hydrogens is 196 g/mol. The second-order valence-electron chi connectivity index (χ2n) is 3.08. The number of aryl methyl sites for hydroxylation is 1. The summed E-state index contributed by atoms with van der Waals surface area (Å²) in [5.41, 5.74) is 7.64. The highest BCUT2D eigenvalue weighted by Gasteiger charge is 2.09. The predicted octanol–water partition coefficient (Wildman–Crippen LogP) is 2.21. The van der Waals surface area contributed by atoms with Gasteiger partial charge >= 0.3 is 0 Å². The first-order valence-electron chi connectivity index (χ1n) is 4.50. The first kappa shape index (κ1) is 9.43. The molecule has 14 heavy (non-hydrogen) atoms. The number of rotatable bonds is 3. The highest BCUT2D eigenvalue weighted by molar-refractivity contribution is 7.15. The van der Waals surface area contributed by atoms with Gasteiger partial charge in [0.1, 0.15) is 11.3 Å². The second kappa shape index (κ2) is 3.94. The molecule has 0 atom stereocenters. The van der Waals surface area contributed by atoms with Crippen LogP contribution in [0.3, 0.4) is 0 Å². The molecule has 3 nitrogen and oxygen atoms in total. The molecule has 4 heteroatoms. The molecule has 0 aliphatic heterocycles.